The summed E-state index contributed by atoms with van der Waals surface area (Å²) >= 11 is 8.82. The van der Waals surface area contributed by atoms with Gasteiger partial charge in [0.25, 0.3) is 0 Å². The minimum Gasteiger partial charge on any atom is -0.378 e. The van der Waals surface area contributed by atoms with E-state index in [0.29, 0.717) is 16.7 Å². The number of hydrogen-bond acceptors (Lipinski definition) is 3. The molecular weight excluding hydrogens is 413 g/mol. The molecule has 138 valence electrons. The summed E-state index contributed by atoms with van der Waals surface area (Å²) in [5.41, 5.74) is 4.48. The third-order valence-corrected chi connectivity index (χ3v) is 4.96. The molecule has 0 heterocycles. The molecule has 0 unspecified atom stereocenters. The van der Waals surface area contributed by atoms with Gasteiger partial charge in [-0.2, -0.15) is 0 Å². The van der Waals surface area contributed by atoms with E-state index in [0.717, 1.165) is 33.8 Å². The first-order valence-electron chi connectivity index (χ1n) is 8.39. The van der Waals surface area contributed by atoms with Gasteiger partial charge >= 0.3 is 0 Å². The topological polar surface area (TPSA) is 27.6 Å². The van der Waals surface area contributed by atoms with Gasteiger partial charge in [0.1, 0.15) is 5.82 Å². The molecule has 0 bridgehead atoms. The zero-order valence-corrected chi connectivity index (χ0v) is 17.8. The standard InChI is InChI=1S/C20H23BrFN3S/c1-5-25(4)12-24-19-9-13(2)16(8-14(19)3)20(26)11-23-18-7-6-15(21)10-17(18)22/h6-10,12,23H,5,11H2,1-4H3. The number of halogens is 2. The van der Waals surface area contributed by atoms with Gasteiger partial charge in [-0.25, -0.2) is 9.38 Å². The van der Waals surface area contributed by atoms with Gasteiger partial charge in [0.15, 0.2) is 0 Å². The lowest BCUT2D eigenvalue weighted by molar-refractivity contribution is 0.552. The average Bonchev–Trinajstić information content (AvgIpc) is 2.60. The summed E-state index contributed by atoms with van der Waals surface area (Å²) < 4.78 is 14.6. The van der Waals surface area contributed by atoms with Crippen LogP contribution in [0, 0.1) is 19.7 Å². The number of hydrogen-bond donors (Lipinski definition) is 1. The maximum Gasteiger partial charge on any atom is 0.147 e. The van der Waals surface area contributed by atoms with Crippen molar-refractivity contribution in [1.29, 1.82) is 0 Å². The Bertz CT molecular complexity index is 836. The van der Waals surface area contributed by atoms with Gasteiger partial charge in [-0.3, -0.25) is 0 Å². The third-order valence-electron chi connectivity index (χ3n) is 4.11. The van der Waals surface area contributed by atoms with Crippen LogP contribution in [0.15, 0.2) is 39.8 Å². The Morgan fingerprint density at radius 3 is 2.65 bits per heavy atom. The predicted octanol–water partition coefficient (Wildman–Crippen LogP) is 5.65. The number of aryl methyl sites for hydroxylation is 2. The molecule has 0 aromatic heterocycles. The zero-order valence-electron chi connectivity index (χ0n) is 15.4. The van der Waals surface area contributed by atoms with Gasteiger partial charge in [0, 0.05) is 22.9 Å². The molecule has 2 aromatic rings. The minimum absolute atomic E-state index is 0.306. The molecule has 0 fully saturated rings. The van der Waals surface area contributed by atoms with Gasteiger partial charge in [0.2, 0.25) is 0 Å². The smallest absolute Gasteiger partial charge is 0.147 e. The minimum atomic E-state index is -0.306. The van der Waals surface area contributed by atoms with Crippen LogP contribution in [0.3, 0.4) is 0 Å². The summed E-state index contributed by atoms with van der Waals surface area (Å²) in [4.78, 5) is 7.30. The lowest BCUT2D eigenvalue weighted by atomic mass is 10.0. The Morgan fingerprint density at radius 1 is 1.27 bits per heavy atom. The summed E-state index contributed by atoms with van der Waals surface area (Å²) in [5, 5.41) is 3.07. The maximum absolute atomic E-state index is 13.9. The molecule has 6 heteroatoms. The number of thiocarbonyl (C=S) groups is 1. The number of nitrogens with zero attached hydrogens (tertiary/aromatic N) is 2. The van der Waals surface area contributed by atoms with Crippen LogP contribution in [-0.2, 0) is 0 Å². The van der Waals surface area contributed by atoms with E-state index in [1.54, 1.807) is 12.1 Å². The molecule has 0 aliphatic rings. The Balaban J connectivity index is 2.13. The summed E-state index contributed by atoms with van der Waals surface area (Å²) in [5.74, 6) is -0.306. The van der Waals surface area contributed by atoms with Gasteiger partial charge < -0.3 is 10.2 Å². The number of rotatable bonds is 7. The first-order chi connectivity index (χ1) is 12.3. The second-order valence-corrected chi connectivity index (χ2v) is 7.58. The highest BCUT2D eigenvalue weighted by Gasteiger charge is 2.10. The van der Waals surface area contributed by atoms with E-state index in [4.69, 9.17) is 12.2 Å². The van der Waals surface area contributed by atoms with Crippen LogP contribution in [0.5, 0.6) is 0 Å². The molecule has 0 saturated heterocycles. The van der Waals surface area contributed by atoms with Gasteiger partial charge in [-0.1, -0.05) is 28.1 Å². The van der Waals surface area contributed by atoms with Crippen molar-refractivity contribution in [3.8, 4) is 0 Å². The molecule has 0 atom stereocenters. The van der Waals surface area contributed by atoms with Crippen molar-refractivity contribution < 1.29 is 4.39 Å². The van der Waals surface area contributed by atoms with Crippen molar-refractivity contribution in [3.63, 3.8) is 0 Å². The molecule has 1 N–H and O–H groups in total. The Kier molecular flexibility index (Phi) is 7.29. The van der Waals surface area contributed by atoms with Crippen LogP contribution in [0.4, 0.5) is 15.8 Å². The largest absolute Gasteiger partial charge is 0.378 e. The van der Waals surface area contributed by atoms with Crippen LogP contribution in [0.25, 0.3) is 0 Å². The quantitative estimate of drug-likeness (QED) is 0.263. The van der Waals surface area contributed by atoms with Crippen molar-refractivity contribution in [3.05, 3.63) is 57.3 Å². The fraction of sp³-hybridized carbons (Fsp3) is 0.300. The van der Waals surface area contributed by atoms with E-state index in [9.17, 15) is 4.39 Å². The molecule has 3 nitrogen and oxygen atoms in total. The lowest BCUT2D eigenvalue weighted by Gasteiger charge is -2.14. The molecular formula is C20H23BrFN3S. The maximum atomic E-state index is 13.9. The molecule has 0 aliphatic heterocycles. The van der Waals surface area contributed by atoms with Crippen molar-refractivity contribution in [2.24, 2.45) is 4.99 Å². The highest BCUT2D eigenvalue weighted by atomic mass is 79.9. The normalized spacial score (nSPS) is 11.0. The van der Waals surface area contributed by atoms with Gasteiger partial charge in [-0.15, -0.1) is 0 Å². The molecule has 0 radical (unpaired) electrons. The third kappa shape index (κ3) is 5.35. The van der Waals surface area contributed by atoms with Crippen molar-refractivity contribution in [2.45, 2.75) is 20.8 Å². The van der Waals surface area contributed by atoms with Crippen LogP contribution in [0.2, 0.25) is 0 Å². The Labute approximate surface area is 168 Å². The predicted molar refractivity (Wildman–Crippen MR) is 117 cm³/mol. The van der Waals surface area contributed by atoms with Gasteiger partial charge in [-0.05, 0) is 67.8 Å². The van der Waals surface area contributed by atoms with E-state index in [1.165, 1.54) is 6.07 Å². The van der Waals surface area contributed by atoms with Crippen LogP contribution < -0.4 is 5.32 Å². The summed E-state index contributed by atoms with van der Waals surface area (Å²) in [6, 6.07) is 9.01. The summed E-state index contributed by atoms with van der Waals surface area (Å²) in [6.45, 7) is 7.42. The average molecular weight is 436 g/mol. The molecule has 0 spiro atoms. The fourth-order valence-electron chi connectivity index (χ4n) is 2.39. The van der Waals surface area contributed by atoms with E-state index in [-0.39, 0.29) is 5.82 Å². The molecule has 26 heavy (non-hydrogen) atoms. The van der Waals surface area contributed by atoms with Crippen LogP contribution in [-0.4, -0.2) is 36.2 Å². The van der Waals surface area contributed by atoms with E-state index >= 15 is 0 Å². The first-order valence-corrected chi connectivity index (χ1v) is 9.59. The highest BCUT2D eigenvalue weighted by Crippen LogP contribution is 2.24. The summed E-state index contributed by atoms with van der Waals surface area (Å²) in [6.07, 6.45) is 1.83. The number of aliphatic imine (C=N–C) groups is 1. The number of anilines is 1. The van der Waals surface area contributed by atoms with Crippen LogP contribution >= 0.6 is 28.1 Å². The lowest BCUT2D eigenvalue weighted by Crippen LogP contribution is -2.15. The second-order valence-electron chi connectivity index (χ2n) is 6.17. The van der Waals surface area contributed by atoms with E-state index < -0.39 is 0 Å². The number of benzene rings is 2. The van der Waals surface area contributed by atoms with Crippen molar-refractivity contribution >= 4 is 50.7 Å². The Hall–Kier alpha value is -1.79. The molecule has 2 aromatic carbocycles. The fourth-order valence-corrected chi connectivity index (χ4v) is 3.01. The van der Waals surface area contributed by atoms with Crippen molar-refractivity contribution in [2.75, 3.05) is 25.5 Å². The van der Waals surface area contributed by atoms with Crippen molar-refractivity contribution in [1.82, 2.24) is 4.90 Å². The highest BCUT2D eigenvalue weighted by molar-refractivity contribution is 9.10. The molecule has 0 saturated carbocycles. The SMILES string of the molecule is CCN(C)C=Nc1cc(C)c(C(=S)CNc2ccc(Br)cc2F)cc1C. The first kappa shape index (κ1) is 20.5. The number of nitrogens with one attached hydrogen (secondary N) is 1. The summed E-state index contributed by atoms with van der Waals surface area (Å²) in [7, 11) is 1.99. The molecule has 0 amide bonds. The van der Waals surface area contributed by atoms with E-state index in [1.807, 2.05) is 38.2 Å². The zero-order chi connectivity index (χ0) is 19.3. The van der Waals surface area contributed by atoms with Gasteiger partial charge in [0.05, 0.1) is 24.3 Å². The monoisotopic (exact) mass is 435 g/mol. The molecule has 0 aliphatic carbocycles. The second kappa shape index (κ2) is 9.24. The van der Waals surface area contributed by atoms with E-state index in [2.05, 4.69) is 39.2 Å². The Morgan fingerprint density at radius 2 is 2.00 bits per heavy atom. The molecule has 2 rings (SSSR count). The van der Waals surface area contributed by atoms with Crippen LogP contribution in [0.1, 0.15) is 23.6 Å².